The van der Waals surface area contributed by atoms with Gasteiger partial charge >= 0.3 is 0 Å². The maximum Gasteiger partial charge on any atom is 0.229 e. The molecule has 0 bridgehead atoms. The molecule has 3 heterocycles. The molecule has 0 spiro atoms. The number of carbonyl (C=O) groups excluding carboxylic acids is 1. The molecular formula is C24H20ClN6O3P. The van der Waals surface area contributed by atoms with Crippen molar-refractivity contribution in [2.75, 3.05) is 24.0 Å². The molecule has 3 aromatic heterocycles. The number of aromatic amines is 1. The Balaban J connectivity index is 1.45. The highest BCUT2D eigenvalue weighted by Gasteiger charge is 2.17. The zero-order chi connectivity index (χ0) is 24.6. The van der Waals surface area contributed by atoms with Crippen molar-refractivity contribution in [2.24, 2.45) is 0 Å². The molecule has 0 amide bonds. The van der Waals surface area contributed by atoms with Crippen LogP contribution in [0.25, 0.3) is 22.4 Å². The molecule has 9 nitrogen and oxygen atoms in total. The number of rotatable bonds is 7. The van der Waals surface area contributed by atoms with Crippen molar-refractivity contribution in [3.63, 3.8) is 0 Å². The molecule has 3 N–H and O–H groups in total. The maximum atomic E-state index is 12.7. The Bertz CT molecular complexity index is 1610. The summed E-state index contributed by atoms with van der Waals surface area (Å²) in [5.41, 5.74) is 2.76. The summed E-state index contributed by atoms with van der Waals surface area (Å²) in [5, 5.41) is 15.5. The first-order chi connectivity index (χ1) is 16.8. The number of H-pyrrole nitrogens is 1. The zero-order valence-electron chi connectivity index (χ0n) is 18.7. The van der Waals surface area contributed by atoms with Gasteiger partial charge in [0.1, 0.15) is 17.9 Å². The van der Waals surface area contributed by atoms with E-state index in [-0.39, 0.29) is 5.76 Å². The van der Waals surface area contributed by atoms with Crippen LogP contribution in [-0.4, -0.2) is 39.8 Å². The van der Waals surface area contributed by atoms with Crippen LogP contribution in [0.3, 0.4) is 0 Å². The number of carbonyl (C=O) groups is 1. The molecular weight excluding hydrogens is 487 g/mol. The van der Waals surface area contributed by atoms with Crippen LogP contribution in [0.1, 0.15) is 10.6 Å². The highest BCUT2D eigenvalue weighted by atomic mass is 35.5. The largest absolute Gasteiger partial charge is 0.452 e. The second kappa shape index (κ2) is 9.02. The van der Waals surface area contributed by atoms with Gasteiger partial charge in [-0.2, -0.15) is 10.1 Å². The van der Waals surface area contributed by atoms with Crippen molar-refractivity contribution >= 4 is 64.4 Å². The summed E-state index contributed by atoms with van der Waals surface area (Å²) in [6.45, 7) is 3.43. The van der Waals surface area contributed by atoms with Crippen molar-refractivity contribution in [1.29, 1.82) is 0 Å². The molecule has 0 unspecified atom stereocenters. The number of furan rings is 1. The molecule has 0 fully saturated rings. The Morgan fingerprint density at radius 3 is 2.69 bits per heavy atom. The average molecular weight is 507 g/mol. The lowest BCUT2D eigenvalue weighted by atomic mass is 10.1. The van der Waals surface area contributed by atoms with E-state index in [0.29, 0.717) is 51.2 Å². The summed E-state index contributed by atoms with van der Waals surface area (Å²) in [6, 6.07) is 16.2. The first-order valence-electron chi connectivity index (χ1n) is 10.6. The topological polar surface area (TPSA) is 126 Å². The van der Waals surface area contributed by atoms with E-state index in [2.05, 4.69) is 30.8 Å². The van der Waals surface area contributed by atoms with Crippen LogP contribution < -0.4 is 15.9 Å². The molecule has 0 radical (unpaired) electrons. The number of hydrogen-bond donors (Lipinski definition) is 3. The number of benzene rings is 2. The number of aromatic nitrogens is 4. The number of anilines is 4. The number of fused-ring (bicyclic) bond motifs is 1. The smallest absolute Gasteiger partial charge is 0.229 e. The minimum atomic E-state index is -2.52. The van der Waals surface area contributed by atoms with E-state index in [0.717, 1.165) is 10.9 Å². The summed E-state index contributed by atoms with van der Waals surface area (Å²) < 4.78 is 18.2. The fourth-order valence-corrected chi connectivity index (χ4v) is 4.94. The lowest BCUT2D eigenvalue weighted by Gasteiger charge is -2.15. The summed E-state index contributed by atoms with van der Waals surface area (Å²) >= 11 is 6.35. The van der Waals surface area contributed by atoms with E-state index < -0.39 is 7.14 Å². The number of halogens is 1. The van der Waals surface area contributed by atoms with Gasteiger partial charge in [-0.1, -0.05) is 23.7 Å². The van der Waals surface area contributed by atoms with E-state index >= 15 is 0 Å². The number of nitrogens with one attached hydrogen (secondary N) is 3. The Morgan fingerprint density at radius 2 is 1.91 bits per heavy atom. The third kappa shape index (κ3) is 4.69. The fraction of sp³-hybridized carbons (Fsp3) is 0.0833. The third-order valence-corrected chi connectivity index (χ3v) is 7.10. The average Bonchev–Trinajstić information content (AvgIpc) is 3.47. The van der Waals surface area contributed by atoms with Crippen molar-refractivity contribution in [3.8, 4) is 11.5 Å². The quantitative estimate of drug-likeness (QED) is 0.186. The SMILES string of the molecule is CP(C)(=O)c1ccccc1Nc1nc(Nc2ccc3[nH]nc(-c4ccc(C=O)o4)c3c2)ncc1Cl. The first-order valence-corrected chi connectivity index (χ1v) is 13.5. The van der Waals surface area contributed by atoms with Crippen LogP contribution in [0, 0.1) is 0 Å². The van der Waals surface area contributed by atoms with Gasteiger partial charge in [0.2, 0.25) is 5.95 Å². The molecule has 2 aromatic carbocycles. The van der Waals surface area contributed by atoms with Crippen molar-refractivity contribution in [1.82, 2.24) is 20.2 Å². The Labute approximate surface area is 205 Å². The highest BCUT2D eigenvalue weighted by molar-refractivity contribution is 7.70. The van der Waals surface area contributed by atoms with Crippen LogP contribution in [-0.2, 0) is 4.57 Å². The normalized spacial score (nSPS) is 11.5. The molecule has 0 aliphatic heterocycles. The molecule has 0 saturated carbocycles. The molecule has 5 rings (SSSR count). The Kier molecular flexibility index (Phi) is 5.88. The lowest BCUT2D eigenvalue weighted by Crippen LogP contribution is -2.10. The lowest BCUT2D eigenvalue weighted by molar-refractivity contribution is 0.110. The fourth-order valence-electron chi connectivity index (χ4n) is 3.64. The predicted octanol–water partition coefficient (Wildman–Crippen LogP) is 5.81. The van der Waals surface area contributed by atoms with E-state index in [1.54, 1.807) is 25.5 Å². The predicted molar refractivity (Wildman–Crippen MR) is 138 cm³/mol. The molecule has 0 saturated heterocycles. The van der Waals surface area contributed by atoms with Gasteiger partial charge in [-0.15, -0.1) is 0 Å². The second-order valence-corrected chi connectivity index (χ2v) is 11.8. The summed E-state index contributed by atoms with van der Waals surface area (Å²) in [6.07, 6.45) is 2.14. The van der Waals surface area contributed by atoms with Gasteiger partial charge in [0.25, 0.3) is 0 Å². The van der Waals surface area contributed by atoms with Crippen LogP contribution in [0.2, 0.25) is 5.02 Å². The Morgan fingerprint density at radius 1 is 1.09 bits per heavy atom. The molecule has 11 heteroatoms. The summed E-state index contributed by atoms with van der Waals surface area (Å²) in [7, 11) is -2.52. The van der Waals surface area contributed by atoms with Crippen LogP contribution >= 0.6 is 18.7 Å². The number of para-hydroxylation sites is 1. The van der Waals surface area contributed by atoms with Gasteiger partial charge in [-0.25, -0.2) is 4.98 Å². The van der Waals surface area contributed by atoms with Gasteiger partial charge < -0.3 is 19.6 Å². The minimum absolute atomic E-state index is 0.226. The summed E-state index contributed by atoms with van der Waals surface area (Å²) in [4.78, 5) is 19.8. The minimum Gasteiger partial charge on any atom is -0.452 e. The van der Waals surface area contributed by atoms with Crippen LogP contribution in [0.15, 0.2) is 65.2 Å². The Hall–Kier alpha value is -3.94. The van der Waals surface area contributed by atoms with Crippen molar-refractivity contribution < 1.29 is 13.8 Å². The molecule has 0 aliphatic rings. The van der Waals surface area contributed by atoms with E-state index in [1.165, 1.54) is 6.20 Å². The van der Waals surface area contributed by atoms with Crippen LogP contribution in [0.5, 0.6) is 0 Å². The molecule has 5 aromatic rings. The van der Waals surface area contributed by atoms with Gasteiger partial charge in [0.15, 0.2) is 23.6 Å². The second-order valence-electron chi connectivity index (χ2n) is 8.16. The highest BCUT2D eigenvalue weighted by Crippen LogP contribution is 2.38. The monoisotopic (exact) mass is 506 g/mol. The summed E-state index contributed by atoms with van der Waals surface area (Å²) in [5.74, 6) is 1.40. The maximum absolute atomic E-state index is 12.7. The zero-order valence-corrected chi connectivity index (χ0v) is 20.4. The standard InChI is InChI=1S/C24H20ClN6O3P/c1-35(2,33)21-6-4-3-5-19(21)28-23-17(25)12-26-24(29-23)27-14-7-9-18-16(11-14)22(31-30-18)20-10-8-15(13-32)34-20/h3-13H,1-2H3,(H,30,31)(H2,26,27,28,29). The van der Waals surface area contributed by atoms with Gasteiger partial charge in [-0.05, 0) is 55.8 Å². The molecule has 176 valence electrons. The van der Waals surface area contributed by atoms with Gasteiger partial charge in [0, 0.05) is 16.4 Å². The van der Waals surface area contributed by atoms with Gasteiger partial charge in [-0.3, -0.25) is 9.89 Å². The number of hydrogen-bond acceptors (Lipinski definition) is 8. The van der Waals surface area contributed by atoms with Crippen molar-refractivity contribution in [2.45, 2.75) is 0 Å². The van der Waals surface area contributed by atoms with E-state index in [9.17, 15) is 9.36 Å². The van der Waals surface area contributed by atoms with E-state index in [4.69, 9.17) is 16.0 Å². The molecule has 0 atom stereocenters. The van der Waals surface area contributed by atoms with E-state index in [1.807, 2.05) is 42.5 Å². The van der Waals surface area contributed by atoms with Crippen LogP contribution in [0.4, 0.5) is 23.1 Å². The van der Waals surface area contributed by atoms with Crippen molar-refractivity contribution in [3.05, 3.63) is 71.6 Å². The first kappa shape index (κ1) is 22.8. The number of aldehydes is 1. The molecule has 0 aliphatic carbocycles. The third-order valence-electron chi connectivity index (χ3n) is 5.28. The number of nitrogens with zero attached hydrogens (tertiary/aromatic N) is 3. The van der Waals surface area contributed by atoms with Gasteiger partial charge in [0.05, 0.1) is 17.4 Å². The molecule has 35 heavy (non-hydrogen) atoms.